The van der Waals surface area contributed by atoms with Gasteiger partial charge in [-0.15, -0.1) is 0 Å². The van der Waals surface area contributed by atoms with Crippen LogP contribution < -0.4 is 9.84 Å². The average molecular weight is 451 g/mol. The largest absolute Gasteiger partial charge is 0.546 e. The predicted octanol–water partition coefficient (Wildman–Crippen LogP) is 5.17. The van der Waals surface area contributed by atoms with Crippen molar-refractivity contribution in [2.45, 2.75) is 19.3 Å². The van der Waals surface area contributed by atoms with E-state index in [0.29, 0.717) is 11.6 Å². The summed E-state index contributed by atoms with van der Waals surface area (Å²) in [7, 11) is 0. The summed E-state index contributed by atoms with van der Waals surface area (Å²) in [4.78, 5) is 15.7. The molecule has 34 heavy (non-hydrogen) atoms. The number of ether oxygens (including phenoxy) is 1. The van der Waals surface area contributed by atoms with Crippen molar-refractivity contribution in [1.29, 1.82) is 0 Å². The lowest BCUT2D eigenvalue weighted by Gasteiger charge is -2.14. The first-order chi connectivity index (χ1) is 16.7. The highest BCUT2D eigenvalue weighted by atomic mass is 16.5. The molecular formula is C29H24NO4-. The number of carbonyl (C=O) groups is 1. The van der Waals surface area contributed by atoms with Crippen LogP contribution in [0.15, 0.2) is 95.4 Å². The molecule has 0 bridgehead atoms. The summed E-state index contributed by atoms with van der Waals surface area (Å²) in [5.74, 6) is 0.968. The number of benzene rings is 3. The number of rotatable bonds is 8. The quantitative estimate of drug-likeness (QED) is 0.370. The lowest BCUT2D eigenvalue weighted by molar-refractivity contribution is -0.307. The number of hydrogen-bond acceptors (Lipinski definition) is 5. The van der Waals surface area contributed by atoms with Crippen LogP contribution in [0.1, 0.15) is 24.3 Å². The number of hydrogen-bond donors (Lipinski definition) is 0. The van der Waals surface area contributed by atoms with E-state index >= 15 is 0 Å². The Morgan fingerprint density at radius 3 is 2.44 bits per heavy atom. The van der Waals surface area contributed by atoms with Crippen molar-refractivity contribution >= 4 is 11.5 Å². The molecule has 0 aliphatic heterocycles. The molecule has 1 aliphatic carbocycles. The van der Waals surface area contributed by atoms with E-state index in [9.17, 15) is 9.90 Å². The fourth-order valence-electron chi connectivity index (χ4n) is 4.45. The predicted molar refractivity (Wildman–Crippen MR) is 129 cm³/mol. The number of nitrogens with zero attached hydrogens (tertiary/aromatic N) is 1. The van der Waals surface area contributed by atoms with Crippen LogP contribution in [0.5, 0.6) is 5.75 Å². The van der Waals surface area contributed by atoms with Gasteiger partial charge in [0.05, 0.1) is 5.97 Å². The number of aromatic nitrogens is 1. The topological polar surface area (TPSA) is 75.4 Å². The van der Waals surface area contributed by atoms with Crippen molar-refractivity contribution in [2.24, 2.45) is 5.92 Å². The average Bonchev–Trinajstić information content (AvgIpc) is 3.51. The standard InChI is InChI=1S/C29H25NO4/c31-26(32)19-33-24-15-7-9-20(18-24)17-23-14-8-16-25(23)29-30-27(21-10-3-1-4-11-21)28(34-29)22-12-5-2-6-13-22/h1-7,9-13,15-16,18,23H,8,14,17,19H2,(H,31,32)/p-1. The van der Waals surface area contributed by atoms with E-state index in [1.54, 1.807) is 6.07 Å². The van der Waals surface area contributed by atoms with Gasteiger partial charge in [-0.1, -0.05) is 78.9 Å². The molecule has 0 saturated heterocycles. The van der Waals surface area contributed by atoms with E-state index in [0.717, 1.165) is 53.0 Å². The van der Waals surface area contributed by atoms with Crippen molar-refractivity contribution < 1.29 is 19.1 Å². The maximum atomic E-state index is 10.7. The van der Waals surface area contributed by atoms with E-state index in [-0.39, 0.29) is 5.92 Å². The van der Waals surface area contributed by atoms with E-state index in [1.807, 2.05) is 78.9 Å². The second-order valence-electron chi connectivity index (χ2n) is 8.37. The summed E-state index contributed by atoms with van der Waals surface area (Å²) >= 11 is 0. The Bertz CT molecular complexity index is 1250. The van der Waals surface area contributed by atoms with E-state index in [1.165, 1.54) is 0 Å². The van der Waals surface area contributed by atoms with Crippen molar-refractivity contribution in [3.63, 3.8) is 0 Å². The molecule has 5 rings (SSSR count). The Morgan fingerprint density at radius 1 is 0.971 bits per heavy atom. The summed E-state index contributed by atoms with van der Waals surface area (Å²) in [5, 5.41) is 10.7. The Balaban J connectivity index is 1.44. The van der Waals surface area contributed by atoms with Crippen molar-refractivity contribution in [3.05, 3.63) is 102 Å². The minimum Gasteiger partial charge on any atom is -0.546 e. The third-order valence-corrected chi connectivity index (χ3v) is 6.01. The van der Waals surface area contributed by atoms with Crippen LogP contribution in [0.3, 0.4) is 0 Å². The van der Waals surface area contributed by atoms with Crippen LogP contribution in [0.4, 0.5) is 0 Å². The number of carbonyl (C=O) groups excluding carboxylic acids is 1. The van der Waals surface area contributed by atoms with E-state index in [2.05, 4.69) is 6.08 Å². The molecule has 0 N–H and O–H groups in total. The maximum Gasteiger partial charge on any atom is 0.223 e. The number of allylic oxidation sites excluding steroid dienone is 2. The van der Waals surface area contributed by atoms with Gasteiger partial charge in [0.15, 0.2) is 5.76 Å². The molecule has 5 heteroatoms. The highest BCUT2D eigenvalue weighted by Crippen LogP contribution is 2.40. The summed E-state index contributed by atoms with van der Waals surface area (Å²) in [5.41, 5.74) is 5.04. The van der Waals surface area contributed by atoms with E-state index in [4.69, 9.17) is 14.1 Å². The van der Waals surface area contributed by atoms with Gasteiger partial charge in [-0.2, -0.15) is 0 Å². The van der Waals surface area contributed by atoms with Gasteiger partial charge in [0.1, 0.15) is 18.1 Å². The Kier molecular flexibility index (Phi) is 6.25. The lowest BCUT2D eigenvalue weighted by atomic mass is 9.93. The molecule has 0 saturated carbocycles. The fraction of sp³-hybridized carbons (Fsp3) is 0.172. The normalized spacial score (nSPS) is 15.2. The van der Waals surface area contributed by atoms with Gasteiger partial charge in [-0.3, -0.25) is 0 Å². The third kappa shape index (κ3) is 4.79. The SMILES string of the molecule is O=C([O-])COc1cccc(CC2CCC=C2c2nc(-c3ccccc3)c(-c3ccccc3)o2)c1. The van der Waals surface area contributed by atoms with Gasteiger partial charge in [0, 0.05) is 16.7 Å². The first kappa shape index (κ1) is 21.7. The molecule has 4 aromatic rings. The molecule has 170 valence electrons. The monoisotopic (exact) mass is 450 g/mol. The highest BCUT2D eigenvalue weighted by molar-refractivity contribution is 5.79. The van der Waals surface area contributed by atoms with Crippen LogP contribution >= 0.6 is 0 Å². The van der Waals surface area contributed by atoms with E-state index < -0.39 is 12.6 Å². The summed E-state index contributed by atoms with van der Waals surface area (Å²) in [6.07, 6.45) is 4.97. The third-order valence-electron chi connectivity index (χ3n) is 6.01. The zero-order chi connectivity index (χ0) is 23.3. The van der Waals surface area contributed by atoms with Gasteiger partial charge in [-0.05, 0) is 42.9 Å². The zero-order valence-electron chi connectivity index (χ0n) is 18.6. The van der Waals surface area contributed by atoms with Crippen LogP contribution in [0, 0.1) is 5.92 Å². The number of carboxylic acids is 1. The fourth-order valence-corrected chi connectivity index (χ4v) is 4.45. The molecule has 0 spiro atoms. The summed E-state index contributed by atoms with van der Waals surface area (Å²) < 4.78 is 11.7. The smallest absolute Gasteiger partial charge is 0.223 e. The van der Waals surface area contributed by atoms with Gasteiger partial charge in [0.2, 0.25) is 5.89 Å². The second-order valence-corrected chi connectivity index (χ2v) is 8.37. The molecule has 1 aromatic heterocycles. The minimum atomic E-state index is -1.24. The van der Waals surface area contributed by atoms with Crippen LogP contribution in [0.2, 0.25) is 0 Å². The van der Waals surface area contributed by atoms with Crippen molar-refractivity contribution in [3.8, 4) is 28.3 Å². The molecule has 1 unspecified atom stereocenters. The molecular weight excluding hydrogens is 426 g/mol. The number of oxazole rings is 1. The van der Waals surface area contributed by atoms with Gasteiger partial charge >= 0.3 is 0 Å². The Hall–Kier alpha value is -4.12. The molecule has 0 radical (unpaired) electrons. The Morgan fingerprint density at radius 2 is 1.71 bits per heavy atom. The van der Waals surface area contributed by atoms with Gasteiger partial charge in [-0.25, -0.2) is 4.98 Å². The number of carboxylic acid groups (broad SMARTS) is 1. The molecule has 1 aliphatic rings. The lowest BCUT2D eigenvalue weighted by Crippen LogP contribution is -2.28. The van der Waals surface area contributed by atoms with Crippen molar-refractivity contribution in [1.82, 2.24) is 4.98 Å². The minimum absolute atomic E-state index is 0.252. The van der Waals surface area contributed by atoms with Crippen LogP contribution in [0.25, 0.3) is 28.2 Å². The summed E-state index contributed by atoms with van der Waals surface area (Å²) in [6.45, 7) is -0.459. The Labute approximate surface area is 198 Å². The van der Waals surface area contributed by atoms with Crippen molar-refractivity contribution in [2.75, 3.05) is 6.61 Å². The molecule has 0 fully saturated rings. The maximum absolute atomic E-state index is 10.7. The van der Waals surface area contributed by atoms with Crippen LogP contribution in [-0.4, -0.2) is 17.6 Å². The highest BCUT2D eigenvalue weighted by Gasteiger charge is 2.27. The van der Waals surface area contributed by atoms with Crippen LogP contribution in [-0.2, 0) is 11.2 Å². The summed E-state index contributed by atoms with van der Waals surface area (Å²) in [6, 6.07) is 27.7. The van der Waals surface area contributed by atoms with Gasteiger partial charge in [0.25, 0.3) is 0 Å². The van der Waals surface area contributed by atoms with Gasteiger partial charge < -0.3 is 19.1 Å². The molecule has 3 aromatic carbocycles. The molecule has 1 atom stereocenters. The first-order valence-corrected chi connectivity index (χ1v) is 11.4. The first-order valence-electron chi connectivity index (χ1n) is 11.4. The molecule has 1 heterocycles. The molecule has 0 amide bonds. The molecule has 5 nitrogen and oxygen atoms in total. The zero-order valence-corrected chi connectivity index (χ0v) is 18.6. The second kappa shape index (κ2) is 9.79. The number of aliphatic carboxylic acids is 1.